The van der Waals surface area contributed by atoms with Crippen molar-refractivity contribution in [3.63, 3.8) is 0 Å². The van der Waals surface area contributed by atoms with Crippen molar-refractivity contribution in [2.45, 2.75) is 18.9 Å². The summed E-state index contributed by atoms with van der Waals surface area (Å²) < 4.78 is 33.4. The normalized spacial score (nSPS) is 16.3. The van der Waals surface area contributed by atoms with Gasteiger partial charge in [-0.15, -0.1) is 24.0 Å². The second-order valence-electron chi connectivity index (χ2n) is 6.71. The number of nitrogens with zero attached hydrogens (tertiary/aromatic N) is 2. The maximum Gasteiger partial charge on any atom is 0.191 e. The highest BCUT2D eigenvalue weighted by molar-refractivity contribution is 14.0. The minimum Gasteiger partial charge on any atom is -0.496 e. The Morgan fingerprint density at radius 1 is 1.17 bits per heavy atom. The second-order valence-corrected chi connectivity index (χ2v) is 6.71. The minimum atomic E-state index is -0.528. The Bertz CT molecular complexity index is 814. The molecular formula is C21H27F2IN4O. The van der Waals surface area contributed by atoms with E-state index in [0.29, 0.717) is 25.6 Å². The van der Waals surface area contributed by atoms with E-state index in [0.717, 1.165) is 24.2 Å². The largest absolute Gasteiger partial charge is 0.496 e. The quantitative estimate of drug-likeness (QED) is 0.350. The average molecular weight is 516 g/mol. The summed E-state index contributed by atoms with van der Waals surface area (Å²) >= 11 is 0. The number of guanidine groups is 1. The Morgan fingerprint density at radius 3 is 2.59 bits per heavy atom. The smallest absolute Gasteiger partial charge is 0.191 e. The summed E-state index contributed by atoms with van der Waals surface area (Å²) in [5.74, 6) is 0.487. The van der Waals surface area contributed by atoms with Gasteiger partial charge in [0.25, 0.3) is 0 Å². The fourth-order valence-electron chi connectivity index (χ4n) is 3.49. The molecule has 0 spiro atoms. The lowest BCUT2D eigenvalue weighted by Gasteiger charge is -2.21. The monoisotopic (exact) mass is 516 g/mol. The van der Waals surface area contributed by atoms with Crippen molar-refractivity contribution in [1.82, 2.24) is 10.6 Å². The third-order valence-corrected chi connectivity index (χ3v) is 4.89. The molecule has 2 aromatic carbocycles. The maximum atomic E-state index is 14.0. The Hall–Kier alpha value is -2.10. The summed E-state index contributed by atoms with van der Waals surface area (Å²) in [6, 6.07) is 11.9. The molecule has 0 radical (unpaired) electrons. The van der Waals surface area contributed by atoms with Gasteiger partial charge in [-0.2, -0.15) is 0 Å². The van der Waals surface area contributed by atoms with Gasteiger partial charge in [0.2, 0.25) is 0 Å². The highest BCUT2D eigenvalue weighted by Gasteiger charge is 2.27. The zero-order chi connectivity index (χ0) is 19.9. The van der Waals surface area contributed by atoms with E-state index >= 15 is 0 Å². The van der Waals surface area contributed by atoms with Crippen LogP contribution in [0.2, 0.25) is 0 Å². The number of hydrogen-bond donors (Lipinski definition) is 2. The van der Waals surface area contributed by atoms with Crippen LogP contribution in [-0.2, 0) is 6.42 Å². The SMILES string of the molecule is CN=C(NCCc1ccccc1OC)NC1CCN(c2c(F)cccc2F)C1.I. The third-order valence-electron chi connectivity index (χ3n) is 4.89. The molecule has 1 unspecified atom stereocenters. The lowest BCUT2D eigenvalue weighted by molar-refractivity contribution is 0.409. The topological polar surface area (TPSA) is 48.9 Å². The van der Waals surface area contributed by atoms with Gasteiger partial charge in [0.15, 0.2) is 5.96 Å². The van der Waals surface area contributed by atoms with Crippen LogP contribution in [0.25, 0.3) is 0 Å². The number of nitrogens with one attached hydrogen (secondary N) is 2. The molecule has 0 saturated carbocycles. The van der Waals surface area contributed by atoms with E-state index in [1.165, 1.54) is 18.2 Å². The molecule has 2 aromatic rings. The summed E-state index contributed by atoms with van der Waals surface area (Å²) in [5, 5.41) is 6.63. The summed E-state index contributed by atoms with van der Waals surface area (Å²) in [4.78, 5) is 6.00. The van der Waals surface area contributed by atoms with Gasteiger partial charge >= 0.3 is 0 Å². The van der Waals surface area contributed by atoms with Gasteiger partial charge in [0, 0.05) is 32.7 Å². The van der Waals surface area contributed by atoms with E-state index in [9.17, 15) is 8.78 Å². The van der Waals surface area contributed by atoms with Crippen molar-refractivity contribution in [2.75, 3.05) is 38.7 Å². The Morgan fingerprint density at radius 2 is 1.90 bits per heavy atom. The van der Waals surface area contributed by atoms with Gasteiger partial charge in [-0.3, -0.25) is 4.99 Å². The van der Waals surface area contributed by atoms with Crippen LogP contribution in [-0.4, -0.2) is 45.8 Å². The molecular weight excluding hydrogens is 489 g/mol. The highest BCUT2D eigenvalue weighted by Crippen LogP contribution is 2.26. The van der Waals surface area contributed by atoms with Crippen LogP contribution >= 0.6 is 24.0 Å². The summed E-state index contributed by atoms with van der Waals surface area (Å²) in [6.07, 6.45) is 1.57. The first-order valence-electron chi connectivity index (χ1n) is 9.40. The van der Waals surface area contributed by atoms with Gasteiger partial charge in [-0.25, -0.2) is 8.78 Å². The fraction of sp³-hybridized carbons (Fsp3) is 0.381. The predicted molar refractivity (Wildman–Crippen MR) is 124 cm³/mol. The van der Waals surface area contributed by atoms with Crippen molar-refractivity contribution in [1.29, 1.82) is 0 Å². The number of rotatable bonds is 6. The minimum absolute atomic E-state index is 0. The lowest BCUT2D eigenvalue weighted by atomic mass is 10.1. The Kier molecular flexibility index (Phi) is 8.94. The van der Waals surface area contributed by atoms with Crippen LogP contribution < -0.4 is 20.3 Å². The van der Waals surface area contributed by atoms with Crippen molar-refractivity contribution in [3.8, 4) is 5.75 Å². The molecule has 1 heterocycles. The molecule has 1 saturated heterocycles. The standard InChI is InChI=1S/C21H26F2N4O.HI/c1-24-21(25-12-10-15-6-3-4-9-19(15)28-2)26-16-11-13-27(14-16)20-17(22)7-5-8-18(20)23;/h3-9,16H,10-14H2,1-2H3,(H2,24,25,26);1H. The number of para-hydroxylation sites is 2. The number of hydrogen-bond acceptors (Lipinski definition) is 3. The molecule has 1 atom stereocenters. The van der Waals surface area contributed by atoms with E-state index in [2.05, 4.69) is 15.6 Å². The van der Waals surface area contributed by atoms with Crippen molar-refractivity contribution in [3.05, 3.63) is 59.7 Å². The first-order chi connectivity index (χ1) is 13.6. The van der Waals surface area contributed by atoms with Gasteiger partial charge in [-0.1, -0.05) is 24.3 Å². The maximum absolute atomic E-state index is 14.0. The Balaban J connectivity index is 0.00000300. The van der Waals surface area contributed by atoms with Gasteiger partial charge in [0.1, 0.15) is 23.1 Å². The molecule has 2 N–H and O–H groups in total. The second kappa shape index (κ2) is 11.2. The number of ether oxygens (including phenoxy) is 1. The molecule has 0 bridgehead atoms. The predicted octanol–water partition coefficient (Wildman–Crippen LogP) is 3.58. The number of aliphatic imine (C=N–C) groups is 1. The first-order valence-corrected chi connectivity index (χ1v) is 9.40. The van der Waals surface area contributed by atoms with Crippen LogP contribution in [0.4, 0.5) is 14.5 Å². The molecule has 8 heteroatoms. The molecule has 158 valence electrons. The fourth-order valence-corrected chi connectivity index (χ4v) is 3.49. The molecule has 3 rings (SSSR count). The molecule has 0 amide bonds. The third kappa shape index (κ3) is 5.94. The van der Waals surface area contributed by atoms with E-state index in [-0.39, 0.29) is 35.7 Å². The molecule has 1 aliphatic rings. The summed E-state index contributed by atoms with van der Waals surface area (Å²) in [5.41, 5.74) is 1.17. The van der Waals surface area contributed by atoms with Crippen LogP contribution in [0.15, 0.2) is 47.5 Å². The van der Waals surface area contributed by atoms with Crippen LogP contribution in [0.5, 0.6) is 5.75 Å². The molecule has 0 aliphatic carbocycles. The van der Waals surface area contributed by atoms with E-state index in [4.69, 9.17) is 4.74 Å². The first kappa shape index (κ1) is 23.2. The van der Waals surface area contributed by atoms with E-state index < -0.39 is 11.6 Å². The van der Waals surface area contributed by atoms with Gasteiger partial charge in [0.05, 0.1) is 7.11 Å². The number of halogens is 3. The molecule has 29 heavy (non-hydrogen) atoms. The van der Waals surface area contributed by atoms with Gasteiger partial charge < -0.3 is 20.3 Å². The number of methoxy groups -OCH3 is 1. The summed E-state index contributed by atoms with van der Waals surface area (Å²) in [7, 11) is 3.37. The van der Waals surface area contributed by atoms with Crippen LogP contribution in [0, 0.1) is 11.6 Å². The lowest BCUT2D eigenvalue weighted by Crippen LogP contribution is -2.45. The molecule has 1 fully saturated rings. The zero-order valence-corrected chi connectivity index (χ0v) is 19.0. The van der Waals surface area contributed by atoms with Crippen LogP contribution in [0.1, 0.15) is 12.0 Å². The summed E-state index contributed by atoms with van der Waals surface area (Å²) in [6.45, 7) is 1.80. The number of anilines is 1. The van der Waals surface area contributed by atoms with Crippen molar-refractivity contribution < 1.29 is 13.5 Å². The van der Waals surface area contributed by atoms with Crippen molar-refractivity contribution in [2.24, 2.45) is 4.99 Å². The molecule has 1 aliphatic heterocycles. The Labute approximate surface area is 187 Å². The average Bonchev–Trinajstić information content (AvgIpc) is 3.15. The zero-order valence-electron chi connectivity index (χ0n) is 16.6. The molecule has 5 nitrogen and oxygen atoms in total. The van der Waals surface area contributed by atoms with E-state index in [1.807, 2.05) is 24.3 Å². The van der Waals surface area contributed by atoms with Crippen molar-refractivity contribution >= 4 is 35.6 Å². The molecule has 0 aromatic heterocycles. The van der Waals surface area contributed by atoms with Crippen LogP contribution in [0.3, 0.4) is 0 Å². The highest BCUT2D eigenvalue weighted by atomic mass is 127. The van der Waals surface area contributed by atoms with E-state index in [1.54, 1.807) is 19.1 Å². The van der Waals surface area contributed by atoms with Gasteiger partial charge in [-0.05, 0) is 36.6 Å². The number of benzene rings is 2.